The Balaban J connectivity index is 1.20. The molecule has 28 heteroatoms. The number of ether oxygens (including phenoxy) is 2. The molecule has 0 saturated carbocycles. The minimum Gasteiger partial charge on any atom is -0.407 e. The first-order valence-electron chi connectivity index (χ1n) is 22.5. The van der Waals surface area contributed by atoms with Gasteiger partial charge in [-0.05, 0) is 72.0 Å². The zero-order valence-corrected chi connectivity index (χ0v) is 45.8. The van der Waals surface area contributed by atoms with Gasteiger partial charge in [-0.3, -0.25) is 27.8 Å². The third-order valence-electron chi connectivity index (χ3n) is 13.4. The van der Waals surface area contributed by atoms with Crippen LogP contribution >= 0.6 is 13.4 Å². The van der Waals surface area contributed by atoms with E-state index in [2.05, 4.69) is 109 Å². The van der Waals surface area contributed by atoms with E-state index in [-0.39, 0.29) is 57.9 Å². The molecule has 378 valence electrons. The van der Waals surface area contributed by atoms with E-state index in [1.165, 1.54) is 25.3 Å². The first kappa shape index (κ1) is 52.7. The predicted octanol–water partition coefficient (Wildman–Crippen LogP) is 6.98. The first-order valence-corrected chi connectivity index (χ1v) is 33.5. The van der Waals surface area contributed by atoms with Gasteiger partial charge in [0.25, 0.3) is 11.5 Å². The number of fused-ring (bicyclic) bond motifs is 4. The standard InChI is InChI=1S/C42H58N10O12P2S2Si2/c1-41(2,3)69(7,8)63-32-30-27(60-39(32)51-23-48-28-34(44-21-45-35(28)51)50-37(53)25-15-12-11-13-16-25)20-58-66(68,56-18-14-17-43)62-31-26(19-57-65(55,67)61-30)59-40(33(31)64-70(9,10)42(4,5)6)52-24-49-29-36(52)46-22-47-38(29)54/h11-13,15-16,21-24,26-27,30-33,39-40H,14,18-20H2,1-10H3,(H,55,67)(H,46,47,54)(H,44,45,50,53). The van der Waals surface area contributed by atoms with E-state index >= 15 is 0 Å². The second kappa shape index (κ2) is 20.0. The number of benzene rings is 1. The van der Waals surface area contributed by atoms with E-state index in [4.69, 9.17) is 64.6 Å². The van der Waals surface area contributed by atoms with Crippen LogP contribution in [0.3, 0.4) is 0 Å². The molecule has 3 fully saturated rings. The van der Waals surface area contributed by atoms with Crippen molar-refractivity contribution in [3.63, 3.8) is 0 Å². The largest absolute Gasteiger partial charge is 0.407 e. The third kappa shape index (κ3) is 10.9. The molecule has 0 radical (unpaired) electrons. The van der Waals surface area contributed by atoms with Crippen molar-refractivity contribution in [2.45, 2.75) is 133 Å². The van der Waals surface area contributed by atoms with Gasteiger partial charge >= 0.3 is 13.4 Å². The number of nitrogens with one attached hydrogen (secondary N) is 2. The van der Waals surface area contributed by atoms with E-state index in [0.29, 0.717) is 5.56 Å². The maximum Gasteiger partial charge on any atom is 0.327 e. The minimum absolute atomic E-state index is 0.0421. The van der Waals surface area contributed by atoms with Gasteiger partial charge in [0.15, 0.2) is 57.2 Å². The molecule has 10 atom stereocenters. The summed E-state index contributed by atoms with van der Waals surface area (Å²) < 4.78 is 63.6. The molecule has 22 nitrogen and oxygen atoms in total. The van der Waals surface area contributed by atoms with Gasteiger partial charge in [0.2, 0.25) is 0 Å². The number of carbonyl (C=O) groups excluding carboxylic acids is 1. The zero-order valence-electron chi connectivity index (χ0n) is 40.4. The highest BCUT2D eigenvalue weighted by Crippen LogP contribution is 2.58. The average Bonchev–Trinajstić information content (AvgIpc) is 4.06. The molecule has 3 aliphatic heterocycles. The molecule has 1 amide bonds. The smallest absolute Gasteiger partial charge is 0.327 e. The van der Waals surface area contributed by atoms with E-state index < -0.39 is 97.2 Å². The number of nitrogens with zero attached hydrogens (tertiary/aromatic N) is 8. The van der Waals surface area contributed by atoms with Crippen LogP contribution in [0.2, 0.25) is 36.3 Å². The number of aromatic nitrogens is 8. The Morgan fingerprint density at radius 3 is 2.00 bits per heavy atom. The Morgan fingerprint density at radius 1 is 0.857 bits per heavy atom. The number of hydrogen-bond acceptors (Lipinski definition) is 19. The number of H-pyrrole nitrogens is 1. The molecule has 8 rings (SSSR count). The van der Waals surface area contributed by atoms with E-state index in [1.807, 2.05) is 6.07 Å². The summed E-state index contributed by atoms with van der Waals surface area (Å²) >= 11 is 12.0. The van der Waals surface area contributed by atoms with Gasteiger partial charge < -0.3 is 47.1 Å². The van der Waals surface area contributed by atoms with Crippen molar-refractivity contribution in [3.8, 4) is 6.07 Å². The van der Waals surface area contributed by atoms with Crippen LogP contribution < -0.4 is 10.9 Å². The van der Waals surface area contributed by atoms with Gasteiger partial charge in [-0.2, -0.15) is 5.26 Å². The lowest BCUT2D eigenvalue weighted by Gasteiger charge is -2.41. The maximum atomic E-state index is 13.3. The van der Waals surface area contributed by atoms with Crippen LogP contribution in [0.15, 0.2) is 60.4 Å². The summed E-state index contributed by atoms with van der Waals surface area (Å²) in [5.74, 6) is -0.239. The van der Waals surface area contributed by atoms with E-state index in [0.717, 1.165) is 0 Å². The highest BCUT2D eigenvalue weighted by Gasteiger charge is 2.57. The van der Waals surface area contributed by atoms with E-state index in [1.54, 1.807) is 33.4 Å². The van der Waals surface area contributed by atoms with Gasteiger partial charge in [0.05, 0.1) is 51.3 Å². The number of aromatic amines is 1. The number of rotatable bonds is 11. The Hall–Kier alpha value is -3.59. The lowest BCUT2D eigenvalue weighted by Crippen LogP contribution is -2.50. The Labute approximate surface area is 416 Å². The SMILES string of the molecule is CC(C)(C)[Si](C)(C)OC1C2OP(O)(=S)OCC3OC(n4cnc5c(=O)[nH]cnc54)C(O[Si](C)(C)C(C)(C)C)C3OP(=S)(OCCC#N)OCC2OC1n1cnc2c(NC(=O)c3ccccc3)ncnc21. The van der Waals surface area contributed by atoms with Crippen LogP contribution in [-0.4, -0.2) is 123 Å². The molecule has 10 unspecified atom stereocenters. The fourth-order valence-electron chi connectivity index (χ4n) is 7.59. The maximum absolute atomic E-state index is 13.3. The Bertz CT molecular complexity index is 2930. The van der Waals surface area contributed by atoms with Crippen LogP contribution in [0.4, 0.5) is 5.82 Å². The van der Waals surface area contributed by atoms with Crippen molar-refractivity contribution in [2.24, 2.45) is 0 Å². The third-order valence-corrected chi connectivity index (χ3v) is 26.2. The lowest BCUT2D eigenvalue weighted by atomic mass is 10.1. The highest BCUT2D eigenvalue weighted by atomic mass is 32.5. The molecule has 0 spiro atoms. The monoisotopic (exact) mass is 1080 g/mol. The Morgan fingerprint density at radius 2 is 1.41 bits per heavy atom. The molecule has 7 heterocycles. The number of imidazole rings is 2. The molecule has 3 aliphatic rings. The molecular formula is C42H58N10O12P2S2Si2. The summed E-state index contributed by atoms with van der Waals surface area (Å²) in [6.07, 6.45) is -3.14. The van der Waals surface area contributed by atoms with Gasteiger partial charge in [-0.1, -0.05) is 59.7 Å². The molecule has 4 aromatic heterocycles. The summed E-state index contributed by atoms with van der Waals surface area (Å²) in [4.78, 5) is 63.1. The highest BCUT2D eigenvalue weighted by molar-refractivity contribution is 8.07. The van der Waals surface area contributed by atoms with Gasteiger partial charge in [-0.15, -0.1) is 0 Å². The van der Waals surface area contributed by atoms with Crippen molar-refractivity contribution in [1.29, 1.82) is 5.26 Å². The zero-order chi connectivity index (χ0) is 50.6. The molecule has 0 aliphatic carbocycles. The second-order valence-electron chi connectivity index (χ2n) is 20.1. The number of nitriles is 1. The lowest BCUT2D eigenvalue weighted by molar-refractivity contribution is -0.0603. The minimum atomic E-state index is -4.27. The van der Waals surface area contributed by atoms with Crippen molar-refractivity contribution < 1.29 is 50.6 Å². The molecule has 5 aromatic rings. The fraction of sp³-hybridized carbons (Fsp3) is 0.571. The quantitative estimate of drug-likeness (QED) is 0.0684. The fourth-order valence-corrected chi connectivity index (χ4v) is 13.7. The summed E-state index contributed by atoms with van der Waals surface area (Å²) in [5.41, 5.74) is 0.793. The van der Waals surface area contributed by atoms with E-state index in [9.17, 15) is 19.7 Å². The Kier molecular flexibility index (Phi) is 15.1. The summed E-state index contributed by atoms with van der Waals surface area (Å²) in [7, 11) is -5.47. The predicted molar refractivity (Wildman–Crippen MR) is 268 cm³/mol. The molecule has 0 bridgehead atoms. The van der Waals surface area contributed by atoms with Crippen LogP contribution in [-0.2, 0) is 64.6 Å². The van der Waals surface area contributed by atoms with Crippen molar-refractivity contribution >= 4 is 87.7 Å². The molecule has 3 N–H and O–H groups in total. The van der Waals surface area contributed by atoms with Crippen molar-refractivity contribution in [2.75, 3.05) is 25.1 Å². The summed E-state index contributed by atoms with van der Waals surface area (Å²) in [6.45, 7) is 11.6. The van der Waals surface area contributed by atoms with Crippen LogP contribution in [0.5, 0.6) is 0 Å². The van der Waals surface area contributed by atoms with Crippen LogP contribution in [0.25, 0.3) is 22.3 Å². The number of anilines is 1. The topological polar surface area (TPSA) is 263 Å². The second-order valence-corrected chi connectivity index (χ2v) is 35.4. The van der Waals surface area contributed by atoms with Crippen molar-refractivity contribution in [3.05, 3.63) is 71.6 Å². The van der Waals surface area contributed by atoms with Gasteiger partial charge in [0.1, 0.15) is 43.0 Å². The number of carbonyl (C=O) groups is 1. The number of hydrogen-bond donors (Lipinski definition) is 3. The molecular weight excluding hydrogens is 1020 g/mol. The van der Waals surface area contributed by atoms with Gasteiger partial charge in [0, 0.05) is 5.56 Å². The molecule has 3 saturated heterocycles. The number of amides is 1. The molecule has 1 aromatic carbocycles. The van der Waals surface area contributed by atoms with Crippen LogP contribution in [0, 0.1) is 11.3 Å². The van der Waals surface area contributed by atoms with Crippen LogP contribution in [0.1, 0.15) is 70.8 Å². The molecule has 70 heavy (non-hydrogen) atoms. The average molecular weight is 1080 g/mol. The van der Waals surface area contributed by atoms with Gasteiger partial charge in [-0.25, -0.2) is 24.9 Å². The normalized spacial score (nSPS) is 29.2. The summed E-state index contributed by atoms with van der Waals surface area (Å²) in [5, 5.41) is 11.8. The summed E-state index contributed by atoms with van der Waals surface area (Å²) in [6, 6.07) is 10.8. The van der Waals surface area contributed by atoms with Crippen molar-refractivity contribution in [1.82, 2.24) is 39.0 Å². The first-order chi connectivity index (χ1) is 32.8.